The highest BCUT2D eigenvalue weighted by Gasteiger charge is 2.33. The van der Waals surface area contributed by atoms with Gasteiger partial charge < -0.3 is 10.4 Å². The lowest BCUT2D eigenvalue weighted by molar-refractivity contribution is 0.0626. The van der Waals surface area contributed by atoms with Gasteiger partial charge in [-0.15, -0.1) is 11.3 Å². The van der Waals surface area contributed by atoms with Gasteiger partial charge in [-0.1, -0.05) is 0 Å². The summed E-state index contributed by atoms with van der Waals surface area (Å²) in [7, 11) is 0. The van der Waals surface area contributed by atoms with E-state index in [0.717, 1.165) is 17.8 Å². The van der Waals surface area contributed by atoms with Gasteiger partial charge in [-0.25, -0.2) is 0 Å². The first kappa shape index (κ1) is 8.23. The molecule has 2 heterocycles. The van der Waals surface area contributed by atoms with Crippen molar-refractivity contribution in [1.29, 1.82) is 0 Å². The third-order valence-electron chi connectivity index (χ3n) is 2.33. The minimum Gasteiger partial charge on any atom is -0.383 e. The van der Waals surface area contributed by atoms with Crippen LogP contribution in [-0.4, -0.2) is 18.2 Å². The summed E-state index contributed by atoms with van der Waals surface area (Å²) >= 11 is 1.69. The average molecular weight is 183 g/mol. The van der Waals surface area contributed by atoms with E-state index in [4.69, 9.17) is 0 Å². The van der Waals surface area contributed by atoms with Crippen molar-refractivity contribution in [3.05, 3.63) is 21.9 Å². The van der Waals surface area contributed by atoms with E-state index in [1.54, 1.807) is 11.3 Å². The lowest BCUT2D eigenvalue weighted by Gasteiger charge is -2.18. The van der Waals surface area contributed by atoms with Gasteiger partial charge in [0, 0.05) is 16.3 Å². The van der Waals surface area contributed by atoms with Crippen LogP contribution < -0.4 is 5.32 Å². The topological polar surface area (TPSA) is 32.3 Å². The molecule has 1 aromatic heterocycles. The summed E-state index contributed by atoms with van der Waals surface area (Å²) in [5, 5.41) is 13.3. The molecule has 0 radical (unpaired) electrons. The largest absolute Gasteiger partial charge is 0.383 e. The molecular weight excluding hydrogens is 170 g/mol. The van der Waals surface area contributed by atoms with Crippen LogP contribution in [-0.2, 0) is 5.60 Å². The van der Waals surface area contributed by atoms with Crippen LogP contribution >= 0.6 is 11.3 Å². The SMILES string of the molecule is Cc1ccc(C2(O)CCNC2)s1. The van der Waals surface area contributed by atoms with Gasteiger partial charge in [-0.2, -0.15) is 0 Å². The van der Waals surface area contributed by atoms with Crippen LogP contribution in [0.1, 0.15) is 16.2 Å². The molecule has 1 atom stereocenters. The molecule has 66 valence electrons. The van der Waals surface area contributed by atoms with Crippen molar-refractivity contribution < 1.29 is 5.11 Å². The highest BCUT2D eigenvalue weighted by molar-refractivity contribution is 7.12. The summed E-state index contributed by atoms with van der Waals surface area (Å²) in [6, 6.07) is 4.10. The zero-order chi connectivity index (χ0) is 8.60. The molecule has 1 aliphatic rings. The number of hydrogen-bond acceptors (Lipinski definition) is 3. The Bertz CT molecular complexity index is 276. The maximum atomic E-state index is 10.1. The maximum absolute atomic E-state index is 10.1. The van der Waals surface area contributed by atoms with E-state index in [1.165, 1.54) is 4.88 Å². The fourth-order valence-corrected chi connectivity index (χ4v) is 2.56. The number of rotatable bonds is 1. The Morgan fingerprint density at radius 2 is 2.42 bits per heavy atom. The Labute approximate surface area is 76.2 Å². The smallest absolute Gasteiger partial charge is 0.112 e. The van der Waals surface area contributed by atoms with Crippen molar-refractivity contribution in [2.45, 2.75) is 18.9 Å². The standard InChI is InChI=1S/C9H13NOS/c1-7-2-3-8(12-7)9(11)4-5-10-6-9/h2-3,10-11H,4-6H2,1H3. The number of β-amino-alcohol motifs (C(OH)–C–C–N with tert-alkyl or cyclic N) is 1. The van der Waals surface area contributed by atoms with Crippen LogP contribution in [0.5, 0.6) is 0 Å². The number of thiophene rings is 1. The molecule has 2 nitrogen and oxygen atoms in total. The molecule has 0 bridgehead atoms. The maximum Gasteiger partial charge on any atom is 0.112 e. The summed E-state index contributed by atoms with van der Waals surface area (Å²) in [5.41, 5.74) is -0.584. The minimum atomic E-state index is -0.584. The van der Waals surface area contributed by atoms with E-state index in [-0.39, 0.29) is 0 Å². The molecule has 3 heteroatoms. The number of aliphatic hydroxyl groups is 1. The molecule has 1 fully saturated rings. The molecule has 0 aliphatic carbocycles. The molecule has 2 N–H and O–H groups in total. The Morgan fingerprint density at radius 3 is 2.92 bits per heavy atom. The minimum absolute atomic E-state index is 0.584. The zero-order valence-corrected chi connectivity index (χ0v) is 7.95. The van der Waals surface area contributed by atoms with Gasteiger partial charge in [0.15, 0.2) is 0 Å². The second-order valence-corrected chi connectivity index (χ2v) is 4.66. The Balaban J connectivity index is 2.28. The summed E-state index contributed by atoms with van der Waals surface area (Å²) < 4.78 is 0. The second kappa shape index (κ2) is 2.83. The average Bonchev–Trinajstić information content (AvgIpc) is 2.59. The monoisotopic (exact) mass is 183 g/mol. The van der Waals surface area contributed by atoms with E-state index in [2.05, 4.69) is 18.3 Å². The van der Waals surface area contributed by atoms with Crippen molar-refractivity contribution in [1.82, 2.24) is 5.32 Å². The van der Waals surface area contributed by atoms with Crippen LogP contribution in [0.15, 0.2) is 12.1 Å². The predicted molar refractivity (Wildman–Crippen MR) is 50.4 cm³/mol. The third-order valence-corrected chi connectivity index (χ3v) is 3.53. The van der Waals surface area contributed by atoms with Crippen molar-refractivity contribution in [2.75, 3.05) is 13.1 Å². The van der Waals surface area contributed by atoms with E-state index in [9.17, 15) is 5.11 Å². The van der Waals surface area contributed by atoms with Crippen LogP contribution in [0.3, 0.4) is 0 Å². The Hall–Kier alpha value is -0.380. The van der Waals surface area contributed by atoms with Crippen molar-refractivity contribution in [3.8, 4) is 0 Å². The summed E-state index contributed by atoms with van der Waals surface area (Å²) in [4.78, 5) is 2.37. The van der Waals surface area contributed by atoms with Gasteiger partial charge in [0.05, 0.1) is 0 Å². The summed E-state index contributed by atoms with van der Waals surface area (Å²) in [6.45, 7) is 3.69. The van der Waals surface area contributed by atoms with Gasteiger partial charge in [0.25, 0.3) is 0 Å². The number of aryl methyl sites for hydroxylation is 1. The first-order valence-electron chi connectivity index (χ1n) is 4.21. The quantitative estimate of drug-likeness (QED) is 0.686. The first-order valence-corrected chi connectivity index (χ1v) is 5.02. The molecule has 0 spiro atoms. The molecule has 1 aliphatic heterocycles. The van der Waals surface area contributed by atoms with Gasteiger partial charge in [0.2, 0.25) is 0 Å². The molecule has 1 aromatic rings. The van der Waals surface area contributed by atoms with E-state index >= 15 is 0 Å². The lowest BCUT2D eigenvalue weighted by atomic mass is 10.0. The van der Waals surface area contributed by atoms with Gasteiger partial charge in [-0.3, -0.25) is 0 Å². The summed E-state index contributed by atoms with van der Waals surface area (Å²) in [6.07, 6.45) is 0.840. The van der Waals surface area contributed by atoms with Crippen LogP contribution in [0.4, 0.5) is 0 Å². The van der Waals surface area contributed by atoms with Gasteiger partial charge in [-0.05, 0) is 32.0 Å². The number of nitrogens with one attached hydrogen (secondary N) is 1. The van der Waals surface area contributed by atoms with Crippen LogP contribution in [0, 0.1) is 6.92 Å². The molecular formula is C9H13NOS. The molecule has 12 heavy (non-hydrogen) atoms. The highest BCUT2D eigenvalue weighted by atomic mass is 32.1. The van der Waals surface area contributed by atoms with Crippen LogP contribution in [0.2, 0.25) is 0 Å². The van der Waals surface area contributed by atoms with Crippen molar-refractivity contribution in [2.24, 2.45) is 0 Å². The molecule has 0 amide bonds. The second-order valence-electron chi connectivity index (χ2n) is 3.37. The summed E-state index contributed by atoms with van der Waals surface area (Å²) in [5.74, 6) is 0. The molecule has 0 aromatic carbocycles. The highest BCUT2D eigenvalue weighted by Crippen LogP contribution is 2.32. The van der Waals surface area contributed by atoms with Crippen molar-refractivity contribution in [3.63, 3.8) is 0 Å². The number of hydrogen-bond donors (Lipinski definition) is 2. The van der Waals surface area contributed by atoms with Gasteiger partial charge in [0.1, 0.15) is 5.60 Å². The van der Waals surface area contributed by atoms with Crippen LogP contribution in [0.25, 0.3) is 0 Å². The molecule has 1 saturated heterocycles. The fraction of sp³-hybridized carbons (Fsp3) is 0.556. The van der Waals surface area contributed by atoms with E-state index in [1.807, 2.05) is 6.07 Å². The zero-order valence-electron chi connectivity index (χ0n) is 7.13. The van der Waals surface area contributed by atoms with Crippen molar-refractivity contribution >= 4 is 11.3 Å². The molecule has 2 rings (SSSR count). The first-order chi connectivity index (χ1) is 5.71. The van der Waals surface area contributed by atoms with Gasteiger partial charge >= 0.3 is 0 Å². The van der Waals surface area contributed by atoms with E-state index < -0.39 is 5.60 Å². The predicted octanol–water partition coefficient (Wildman–Crippen LogP) is 1.24. The Morgan fingerprint density at radius 1 is 1.58 bits per heavy atom. The molecule has 0 saturated carbocycles. The molecule has 1 unspecified atom stereocenters. The fourth-order valence-electron chi connectivity index (χ4n) is 1.57. The normalized spacial score (nSPS) is 29.5. The third kappa shape index (κ3) is 1.28. The lowest BCUT2D eigenvalue weighted by Crippen LogP contribution is -2.26. The Kier molecular flexibility index (Phi) is 1.94. The van der Waals surface area contributed by atoms with E-state index in [0.29, 0.717) is 6.54 Å².